The van der Waals surface area contributed by atoms with E-state index >= 15 is 0 Å². The fourth-order valence-electron chi connectivity index (χ4n) is 1.40. The number of rotatable bonds is 5. The average Bonchev–Trinajstić information content (AvgIpc) is 3.06. The molecule has 112 valence electrons. The van der Waals surface area contributed by atoms with Crippen LogP contribution in [0.4, 0.5) is 4.79 Å². The highest BCUT2D eigenvalue weighted by molar-refractivity contribution is 7.99. The van der Waals surface area contributed by atoms with Crippen LogP contribution in [0.15, 0.2) is 28.0 Å². The predicted molar refractivity (Wildman–Crippen MR) is 73.8 cm³/mol. The first-order valence-electron chi connectivity index (χ1n) is 5.95. The van der Waals surface area contributed by atoms with Gasteiger partial charge in [-0.05, 0) is 19.1 Å². The van der Waals surface area contributed by atoms with Crippen molar-refractivity contribution < 1.29 is 18.7 Å². The molecule has 0 aromatic carbocycles. The Labute approximate surface area is 123 Å². The first kappa shape index (κ1) is 14.9. The van der Waals surface area contributed by atoms with E-state index < -0.39 is 12.0 Å². The number of imide groups is 1. The number of ether oxygens (including phenoxy) is 1. The molecule has 2 heterocycles. The Morgan fingerprint density at radius 2 is 2.33 bits per heavy atom. The van der Waals surface area contributed by atoms with Crippen LogP contribution in [0, 0.1) is 0 Å². The number of hydrogen-bond donors (Lipinski definition) is 2. The van der Waals surface area contributed by atoms with Crippen LogP contribution in [0.3, 0.4) is 0 Å². The smallest absolute Gasteiger partial charge is 0.413 e. The van der Waals surface area contributed by atoms with E-state index in [1.165, 1.54) is 10.9 Å². The first-order valence-corrected chi connectivity index (χ1v) is 6.94. The summed E-state index contributed by atoms with van der Waals surface area (Å²) in [5.41, 5.74) is 0. The molecule has 0 saturated heterocycles. The maximum Gasteiger partial charge on any atom is 0.413 e. The maximum absolute atomic E-state index is 11.5. The molecular formula is C11H13N5O4S. The monoisotopic (exact) mass is 311 g/mol. The molecule has 0 aliphatic carbocycles. The lowest BCUT2D eigenvalue weighted by atomic mass is 10.4. The van der Waals surface area contributed by atoms with Gasteiger partial charge in [0.05, 0.1) is 18.6 Å². The van der Waals surface area contributed by atoms with Gasteiger partial charge in [0, 0.05) is 0 Å². The van der Waals surface area contributed by atoms with Crippen molar-refractivity contribution in [2.75, 3.05) is 18.2 Å². The Morgan fingerprint density at radius 1 is 1.52 bits per heavy atom. The van der Waals surface area contributed by atoms with E-state index in [4.69, 9.17) is 10.3 Å². The molecule has 0 atom stereocenters. The van der Waals surface area contributed by atoms with E-state index in [2.05, 4.69) is 20.3 Å². The fraction of sp³-hybridized carbons (Fsp3) is 0.273. The summed E-state index contributed by atoms with van der Waals surface area (Å²) in [6.07, 6.45) is 0.706. The van der Waals surface area contributed by atoms with Crippen LogP contribution in [-0.4, -0.2) is 39.2 Å². The molecule has 0 fully saturated rings. The molecule has 10 heteroatoms. The Bertz CT molecular complexity index is 625. The number of thioether (sulfide) groups is 1. The van der Waals surface area contributed by atoms with Gasteiger partial charge >= 0.3 is 6.09 Å². The van der Waals surface area contributed by atoms with Crippen LogP contribution < -0.4 is 11.2 Å². The van der Waals surface area contributed by atoms with Gasteiger partial charge in [0.1, 0.15) is 0 Å². The van der Waals surface area contributed by atoms with Crippen molar-refractivity contribution in [1.29, 1.82) is 0 Å². The number of carbonyl (C=O) groups is 2. The summed E-state index contributed by atoms with van der Waals surface area (Å²) in [7, 11) is 0. The van der Waals surface area contributed by atoms with Crippen LogP contribution in [0.2, 0.25) is 0 Å². The highest BCUT2D eigenvalue weighted by Gasteiger charge is 2.16. The van der Waals surface area contributed by atoms with E-state index in [9.17, 15) is 9.59 Å². The molecule has 0 aliphatic heterocycles. The van der Waals surface area contributed by atoms with Gasteiger partial charge < -0.3 is 15.0 Å². The molecule has 0 spiro atoms. The molecule has 0 aliphatic rings. The molecule has 0 bridgehead atoms. The van der Waals surface area contributed by atoms with Crippen molar-refractivity contribution in [2.24, 2.45) is 0 Å². The third kappa shape index (κ3) is 3.75. The standard InChI is InChI=1S/C11H13N5O4S/c1-2-19-11(18)13-8(17)6-21-10-15-14-9(16(10)12)7-4-3-5-20-7/h3-5H,2,6,12H2,1H3,(H,13,17,18). The number of carbonyl (C=O) groups excluding carboxylic acids is 2. The second-order valence-corrected chi connectivity index (χ2v) is 4.65. The van der Waals surface area contributed by atoms with E-state index in [0.717, 1.165) is 11.8 Å². The molecule has 0 radical (unpaired) electrons. The molecule has 9 nitrogen and oxygen atoms in total. The maximum atomic E-state index is 11.5. The first-order chi connectivity index (χ1) is 10.1. The molecular weight excluding hydrogens is 298 g/mol. The normalized spacial score (nSPS) is 10.3. The molecule has 2 amide bonds. The third-order valence-corrected chi connectivity index (χ3v) is 3.20. The van der Waals surface area contributed by atoms with Crippen molar-refractivity contribution in [3.05, 3.63) is 18.4 Å². The Morgan fingerprint density at radius 3 is 3.00 bits per heavy atom. The zero-order valence-electron chi connectivity index (χ0n) is 11.1. The molecule has 2 aromatic rings. The van der Waals surface area contributed by atoms with Crippen molar-refractivity contribution in [1.82, 2.24) is 20.2 Å². The number of amides is 2. The van der Waals surface area contributed by atoms with Gasteiger partial charge in [-0.15, -0.1) is 10.2 Å². The summed E-state index contributed by atoms with van der Waals surface area (Å²) >= 11 is 1.04. The summed E-state index contributed by atoms with van der Waals surface area (Å²) in [6.45, 7) is 1.84. The lowest BCUT2D eigenvalue weighted by Crippen LogP contribution is -2.32. The second kappa shape index (κ2) is 6.79. The Hall–Kier alpha value is -2.49. The number of nitrogens with two attached hydrogens (primary N) is 1. The number of nitrogens with one attached hydrogen (secondary N) is 1. The zero-order chi connectivity index (χ0) is 15.2. The van der Waals surface area contributed by atoms with Gasteiger partial charge in [-0.1, -0.05) is 11.8 Å². The van der Waals surface area contributed by atoms with Gasteiger partial charge in [0.25, 0.3) is 0 Å². The van der Waals surface area contributed by atoms with E-state index in [1.54, 1.807) is 19.1 Å². The Kier molecular flexibility index (Phi) is 4.82. The van der Waals surface area contributed by atoms with Crippen molar-refractivity contribution >= 4 is 23.8 Å². The summed E-state index contributed by atoms with van der Waals surface area (Å²) < 4.78 is 11.0. The average molecular weight is 311 g/mol. The van der Waals surface area contributed by atoms with E-state index in [1.807, 2.05) is 0 Å². The minimum absolute atomic E-state index is 0.0493. The Balaban J connectivity index is 1.92. The number of nitrogen functional groups attached to an aromatic ring is 1. The quantitative estimate of drug-likeness (QED) is 0.608. The number of hydrogen-bond acceptors (Lipinski definition) is 8. The van der Waals surface area contributed by atoms with E-state index in [0.29, 0.717) is 16.7 Å². The number of furan rings is 1. The fourth-order valence-corrected chi connectivity index (χ4v) is 2.05. The molecule has 0 unspecified atom stereocenters. The van der Waals surface area contributed by atoms with Crippen LogP contribution in [0.1, 0.15) is 6.92 Å². The number of aromatic nitrogens is 3. The molecule has 3 N–H and O–H groups in total. The summed E-state index contributed by atoms with van der Waals surface area (Å²) in [6, 6.07) is 3.39. The van der Waals surface area contributed by atoms with Gasteiger partial charge in [-0.25, -0.2) is 9.47 Å². The lowest BCUT2D eigenvalue weighted by molar-refractivity contribution is -0.117. The minimum atomic E-state index is -0.784. The van der Waals surface area contributed by atoms with Crippen LogP contribution in [0.25, 0.3) is 11.6 Å². The van der Waals surface area contributed by atoms with Gasteiger partial charge in [0.15, 0.2) is 5.76 Å². The second-order valence-electron chi connectivity index (χ2n) is 3.71. The van der Waals surface area contributed by atoms with Crippen LogP contribution in [0.5, 0.6) is 0 Å². The number of alkyl carbamates (subject to hydrolysis) is 1. The predicted octanol–water partition coefficient (Wildman–Crippen LogP) is 0.617. The number of nitrogens with zero attached hydrogens (tertiary/aromatic N) is 3. The topological polar surface area (TPSA) is 125 Å². The SMILES string of the molecule is CCOC(=O)NC(=O)CSc1nnc(-c2ccco2)n1N. The molecule has 21 heavy (non-hydrogen) atoms. The highest BCUT2D eigenvalue weighted by atomic mass is 32.2. The molecule has 2 rings (SSSR count). The van der Waals surface area contributed by atoms with Gasteiger partial charge in [-0.2, -0.15) is 0 Å². The van der Waals surface area contributed by atoms with Crippen LogP contribution >= 0.6 is 11.8 Å². The van der Waals surface area contributed by atoms with Crippen LogP contribution in [-0.2, 0) is 9.53 Å². The lowest BCUT2D eigenvalue weighted by Gasteiger charge is -2.04. The largest absolute Gasteiger partial charge is 0.461 e. The summed E-state index contributed by atoms with van der Waals surface area (Å²) in [5, 5.41) is 10.1. The van der Waals surface area contributed by atoms with Crippen molar-refractivity contribution in [3.8, 4) is 11.6 Å². The molecule has 2 aromatic heterocycles. The summed E-state index contributed by atoms with van der Waals surface area (Å²) in [5.74, 6) is 6.06. The van der Waals surface area contributed by atoms with Crippen molar-refractivity contribution in [2.45, 2.75) is 12.1 Å². The van der Waals surface area contributed by atoms with Gasteiger partial charge in [-0.3, -0.25) is 10.1 Å². The zero-order valence-corrected chi connectivity index (χ0v) is 11.9. The van der Waals surface area contributed by atoms with Gasteiger partial charge in [0.2, 0.25) is 16.9 Å². The molecule has 0 saturated carbocycles. The summed E-state index contributed by atoms with van der Waals surface area (Å²) in [4.78, 5) is 22.6. The third-order valence-electron chi connectivity index (χ3n) is 2.26. The van der Waals surface area contributed by atoms with E-state index in [-0.39, 0.29) is 12.4 Å². The highest BCUT2D eigenvalue weighted by Crippen LogP contribution is 2.21. The minimum Gasteiger partial charge on any atom is -0.461 e. The van der Waals surface area contributed by atoms with Crippen molar-refractivity contribution in [3.63, 3.8) is 0 Å².